The Balaban J connectivity index is 1.46. The summed E-state index contributed by atoms with van der Waals surface area (Å²) >= 11 is 0. The van der Waals surface area contributed by atoms with Crippen molar-refractivity contribution in [1.29, 1.82) is 0 Å². The summed E-state index contributed by atoms with van der Waals surface area (Å²) in [6, 6.07) is 19.8. The number of piperidine rings is 1. The van der Waals surface area contributed by atoms with Gasteiger partial charge in [-0.25, -0.2) is 9.97 Å². The molecule has 5 heteroatoms. The minimum absolute atomic E-state index is 0.322. The number of rotatable bonds is 3. The summed E-state index contributed by atoms with van der Waals surface area (Å²) in [7, 11) is 0. The third kappa shape index (κ3) is 3.51. The molecule has 4 aromatic rings. The topological polar surface area (TPSA) is 62.1 Å². The van der Waals surface area contributed by atoms with Gasteiger partial charge in [-0.15, -0.1) is 0 Å². The Morgan fingerprint density at radius 3 is 2.31 bits per heavy atom. The largest absolute Gasteiger partial charge is 0.508 e. The smallest absolute Gasteiger partial charge is 0.162 e. The van der Waals surface area contributed by atoms with Crippen molar-refractivity contribution in [3.05, 3.63) is 78.6 Å². The van der Waals surface area contributed by atoms with E-state index < -0.39 is 0 Å². The average Bonchev–Trinajstić information content (AvgIpc) is 2.80. The minimum Gasteiger partial charge on any atom is -0.508 e. The summed E-state index contributed by atoms with van der Waals surface area (Å²) < 4.78 is 0. The second kappa shape index (κ2) is 7.51. The first-order valence-electron chi connectivity index (χ1n) is 9.99. The summed E-state index contributed by atoms with van der Waals surface area (Å²) in [5.41, 5.74) is 3.24. The number of pyridine rings is 1. The van der Waals surface area contributed by atoms with Crippen LogP contribution in [0, 0.1) is 0 Å². The maximum Gasteiger partial charge on any atom is 0.162 e. The first kappa shape index (κ1) is 17.6. The van der Waals surface area contributed by atoms with E-state index in [-0.39, 0.29) is 0 Å². The van der Waals surface area contributed by atoms with Gasteiger partial charge in [0.15, 0.2) is 5.82 Å². The van der Waals surface area contributed by atoms with Crippen LogP contribution in [-0.4, -0.2) is 33.1 Å². The lowest BCUT2D eigenvalue weighted by atomic mass is 9.89. The van der Waals surface area contributed by atoms with E-state index in [0.29, 0.717) is 11.7 Å². The highest BCUT2D eigenvalue weighted by molar-refractivity contribution is 5.91. The van der Waals surface area contributed by atoms with E-state index in [1.807, 2.05) is 42.5 Å². The number of phenols is 1. The zero-order chi connectivity index (χ0) is 19.6. The van der Waals surface area contributed by atoms with Crippen molar-refractivity contribution in [2.24, 2.45) is 0 Å². The van der Waals surface area contributed by atoms with Gasteiger partial charge in [0.2, 0.25) is 0 Å². The molecule has 0 bridgehead atoms. The predicted octanol–water partition coefficient (Wildman–Crippen LogP) is 4.78. The molecule has 2 aromatic heterocycles. The number of aromatic hydroxyl groups is 1. The standard InChI is InChI=1S/C24H22N4O/c29-20-7-5-17(6-8-20)18-11-15-28(16-12-18)24-21-3-1-2-4-22(21)26-23(27-24)19-9-13-25-14-10-19/h1-10,13-14,18,29H,11-12,15-16H2. The van der Waals surface area contributed by atoms with E-state index in [2.05, 4.69) is 16.0 Å². The van der Waals surface area contributed by atoms with Crippen LogP contribution in [0.15, 0.2) is 73.1 Å². The maximum atomic E-state index is 9.54. The van der Waals surface area contributed by atoms with E-state index in [1.54, 1.807) is 24.5 Å². The lowest BCUT2D eigenvalue weighted by molar-refractivity contribution is 0.472. The van der Waals surface area contributed by atoms with Crippen LogP contribution < -0.4 is 4.90 Å². The van der Waals surface area contributed by atoms with E-state index in [0.717, 1.165) is 54.0 Å². The second-order valence-electron chi connectivity index (χ2n) is 7.48. The molecule has 2 aromatic carbocycles. The SMILES string of the molecule is Oc1ccc(C2CCN(c3nc(-c4ccncc4)nc4ccccc34)CC2)cc1. The molecular formula is C24H22N4O. The van der Waals surface area contributed by atoms with Gasteiger partial charge in [0, 0.05) is 36.4 Å². The maximum absolute atomic E-state index is 9.54. The molecule has 3 heterocycles. The highest BCUT2D eigenvalue weighted by Crippen LogP contribution is 2.34. The number of hydrogen-bond acceptors (Lipinski definition) is 5. The van der Waals surface area contributed by atoms with E-state index in [4.69, 9.17) is 9.97 Å². The van der Waals surface area contributed by atoms with Crippen LogP contribution in [0.2, 0.25) is 0 Å². The first-order valence-corrected chi connectivity index (χ1v) is 9.99. The van der Waals surface area contributed by atoms with Crippen LogP contribution in [0.1, 0.15) is 24.3 Å². The number of phenolic OH excluding ortho intramolecular Hbond substituents is 1. The van der Waals surface area contributed by atoms with Crippen LogP contribution in [0.4, 0.5) is 5.82 Å². The first-order chi connectivity index (χ1) is 14.3. The molecule has 5 nitrogen and oxygen atoms in total. The van der Waals surface area contributed by atoms with Crippen LogP contribution in [0.25, 0.3) is 22.3 Å². The second-order valence-corrected chi connectivity index (χ2v) is 7.48. The van der Waals surface area contributed by atoms with Gasteiger partial charge in [-0.2, -0.15) is 0 Å². The van der Waals surface area contributed by atoms with Crippen molar-refractivity contribution in [2.75, 3.05) is 18.0 Å². The normalized spacial score (nSPS) is 15.0. The molecule has 1 fully saturated rings. The molecule has 5 rings (SSSR count). The Kier molecular flexibility index (Phi) is 4.56. The fourth-order valence-electron chi connectivity index (χ4n) is 4.10. The number of fused-ring (bicyclic) bond motifs is 1. The Bertz CT molecular complexity index is 1120. The third-order valence-electron chi connectivity index (χ3n) is 5.68. The molecule has 144 valence electrons. The summed E-state index contributed by atoms with van der Waals surface area (Å²) in [6.45, 7) is 1.89. The Morgan fingerprint density at radius 2 is 1.55 bits per heavy atom. The molecular weight excluding hydrogens is 360 g/mol. The molecule has 0 radical (unpaired) electrons. The third-order valence-corrected chi connectivity index (χ3v) is 5.68. The molecule has 0 unspecified atom stereocenters. The molecule has 29 heavy (non-hydrogen) atoms. The fourth-order valence-corrected chi connectivity index (χ4v) is 4.10. The van der Waals surface area contributed by atoms with Gasteiger partial charge in [-0.1, -0.05) is 24.3 Å². The lowest BCUT2D eigenvalue weighted by Crippen LogP contribution is -2.33. The molecule has 1 saturated heterocycles. The number of nitrogens with zero attached hydrogens (tertiary/aromatic N) is 4. The van der Waals surface area contributed by atoms with Gasteiger partial charge < -0.3 is 10.0 Å². The van der Waals surface area contributed by atoms with Crippen molar-refractivity contribution in [2.45, 2.75) is 18.8 Å². The molecule has 0 saturated carbocycles. The Hall–Kier alpha value is -3.47. The van der Waals surface area contributed by atoms with Crippen molar-refractivity contribution in [1.82, 2.24) is 15.0 Å². The predicted molar refractivity (Wildman–Crippen MR) is 115 cm³/mol. The minimum atomic E-state index is 0.322. The molecule has 0 amide bonds. The van der Waals surface area contributed by atoms with Crippen LogP contribution in [0.5, 0.6) is 5.75 Å². The zero-order valence-corrected chi connectivity index (χ0v) is 16.1. The summed E-state index contributed by atoms with van der Waals surface area (Å²) in [6.07, 6.45) is 5.68. The van der Waals surface area contributed by atoms with Crippen molar-refractivity contribution < 1.29 is 5.11 Å². The lowest BCUT2D eigenvalue weighted by Gasteiger charge is -2.33. The van der Waals surface area contributed by atoms with Crippen molar-refractivity contribution >= 4 is 16.7 Å². The van der Waals surface area contributed by atoms with Crippen LogP contribution in [0.3, 0.4) is 0 Å². The van der Waals surface area contributed by atoms with Gasteiger partial charge in [-0.3, -0.25) is 4.98 Å². The number of aromatic nitrogens is 3. The van der Waals surface area contributed by atoms with Crippen molar-refractivity contribution in [3.8, 4) is 17.1 Å². The monoisotopic (exact) mass is 382 g/mol. The number of para-hydroxylation sites is 1. The molecule has 1 aliphatic heterocycles. The van der Waals surface area contributed by atoms with E-state index >= 15 is 0 Å². The quantitative estimate of drug-likeness (QED) is 0.552. The molecule has 0 aliphatic carbocycles. The van der Waals surface area contributed by atoms with Crippen LogP contribution in [-0.2, 0) is 0 Å². The van der Waals surface area contributed by atoms with E-state index in [9.17, 15) is 5.11 Å². The van der Waals surface area contributed by atoms with Gasteiger partial charge in [0.25, 0.3) is 0 Å². The van der Waals surface area contributed by atoms with Crippen molar-refractivity contribution in [3.63, 3.8) is 0 Å². The Morgan fingerprint density at radius 1 is 0.828 bits per heavy atom. The van der Waals surface area contributed by atoms with Gasteiger partial charge >= 0.3 is 0 Å². The summed E-state index contributed by atoms with van der Waals surface area (Å²) in [5.74, 6) is 2.58. The van der Waals surface area contributed by atoms with Crippen LogP contribution >= 0.6 is 0 Å². The average molecular weight is 382 g/mol. The molecule has 1 N–H and O–H groups in total. The highest BCUT2D eigenvalue weighted by Gasteiger charge is 2.23. The number of anilines is 1. The van der Waals surface area contributed by atoms with Gasteiger partial charge in [0.1, 0.15) is 11.6 Å². The molecule has 0 spiro atoms. The summed E-state index contributed by atoms with van der Waals surface area (Å²) in [4.78, 5) is 16.2. The molecule has 1 aliphatic rings. The number of benzene rings is 2. The molecule has 0 atom stereocenters. The van der Waals surface area contributed by atoms with Gasteiger partial charge in [-0.05, 0) is 60.7 Å². The summed E-state index contributed by atoms with van der Waals surface area (Å²) in [5, 5.41) is 10.6. The zero-order valence-electron chi connectivity index (χ0n) is 16.1. The fraction of sp³-hybridized carbons (Fsp3) is 0.208. The highest BCUT2D eigenvalue weighted by atomic mass is 16.3. The van der Waals surface area contributed by atoms with Gasteiger partial charge in [0.05, 0.1) is 5.52 Å². The number of hydrogen-bond donors (Lipinski definition) is 1. The van der Waals surface area contributed by atoms with E-state index in [1.165, 1.54) is 5.56 Å². The Labute approximate surface area is 169 Å².